The molecule has 5 heteroatoms. The molecule has 2 aliphatic carbocycles. The van der Waals surface area contributed by atoms with Gasteiger partial charge in [0, 0.05) is 29.5 Å². The summed E-state index contributed by atoms with van der Waals surface area (Å²) in [6, 6.07) is 2.05. The van der Waals surface area contributed by atoms with Gasteiger partial charge >= 0.3 is 0 Å². The summed E-state index contributed by atoms with van der Waals surface area (Å²) in [5.41, 5.74) is 1.99. The molecule has 0 amide bonds. The Morgan fingerprint density at radius 1 is 1.33 bits per heavy atom. The van der Waals surface area contributed by atoms with Gasteiger partial charge in [0.25, 0.3) is 0 Å². The molecule has 2 fully saturated rings. The summed E-state index contributed by atoms with van der Waals surface area (Å²) in [4.78, 5) is 9.35. The smallest absolute Gasteiger partial charge is 0.160 e. The van der Waals surface area contributed by atoms with E-state index in [4.69, 9.17) is 16.6 Å². The Hall–Kier alpha value is -0.610. The number of imidazole rings is 1. The SMILES string of the molecule is ClCCc1nc2cc(Br)cnc2n1CC1CC2CCC1C2. The highest BCUT2D eigenvalue weighted by atomic mass is 79.9. The molecule has 0 radical (unpaired) electrons. The molecule has 0 aromatic carbocycles. The Balaban J connectivity index is 1.70. The molecular formula is C16H19BrClN3. The topological polar surface area (TPSA) is 30.7 Å². The van der Waals surface area contributed by atoms with Gasteiger partial charge in [0.2, 0.25) is 0 Å². The zero-order valence-electron chi connectivity index (χ0n) is 11.9. The van der Waals surface area contributed by atoms with E-state index in [-0.39, 0.29) is 0 Å². The number of rotatable bonds is 4. The minimum atomic E-state index is 0.612. The molecule has 21 heavy (non-hydrogen) atoms. The van der Waals surface area contributed by atoms with Crippen LogP contribution >= 0.6 is 27.5 Å². The predicted molar refractivity (Wildman–Crippen MR) is 88.6 cm³/mol. The normalized spacial score (nSPS) is 27.8. The lowest BCUT2D eigenvalue weighted by molar-refractivity contribution is 0.295. The first-order valence-electron chi connectivity index (χ1n) is 7.81. The molecule has 112 valence electrons. The second-order valence-electron chi connectivity index (χ2n) is 6.51. The summed E-state index contributed by atoms with van der Waals surface area (Å²) in [7, 11) is 0. The van der Waals surface area contributed by atoms with Gasteiger partial charge in [-0.15, -0.1) is 11.6 Å². The van der Waals surface area contributed by atoms with Crippen molar-refractivity contribution in [3.63, 3.8) is 0 Å². The fourth-order valence-electron chi connectivity index (χ4n) is 4.34. The summed E-state index contributed by atoms with van der Waals surface area (Å²) in [5, 5.41) is 0. The van der Waals surface area contributed by atoms with Crippen LogP contribution in [0, 0.1) is 17.8 Å². The van der Waals surface area contributed by atoms with Crippen molar-refractivity contribution in [3.05, 3.63) is 22.6 Å². The quantitative estimate of drug-likeness (QED) is 0.748. The van der Waals surface area contributed by atoms with E-state index in [2.05, 4.69) is 31.5 Å². The van der Waals surface area contributed by atoms with Crippen LogP contribution in [-0.4, -0.2) is 20.4 Å². The van der Waals surface area contributed by atoms with Gasteiger partial charge < -0.3 is 4.57 Å². The highest BCUT2D eigenvalue weighted by molar-refractivity contribution is 9.10. The summed E-state index contributed by atoms with van der Waals surface area (Å²) in [6.45, 7) is 1.07. The third-order valence-electron chi connectivity index (χ3n) is 5.25. The van der Waals surface area contributed by atoms with Gasteiger partial charge in [0.1, 0.15) is 11.3 Å². The molecule has 2 aliphatic rings. The number of aromatic nitrogens is 3. The molecular weight excluding hydrogens is 350 g/mol. The predicted octanol–water partition coefficient (Wildman–Crippen LogP) is 4.41. The second kappa shape index (κ2) is 5.54. The Bertz CT molecular complexity index is 669. The van der Waals surface area contributed by atoms with Crippen molar-refractivity contribution < 1.29 is 0 Å². The van der Waals surface area contributed by atoms with Crippen molar-refractivity contribution in [3.8, 4) is 0 Å². The number of alkyl halides is 1. The van der Waals surface area contributed by atoms with Crippen molar-refractivity contribution in [2.75, 3.05) is 5.88 Å². The second-order valence-corrected chi connectivity index (χ2v) is 7.80. The Morgan fingerprint density at radius 3 is 2.95 bits per heavy atom. The molecule has 3 unspecified atom stereocenters. The number of hydrogen-bond acceptors (Lipinski definition) is 2. The lowest BCUT2D eigenvalue weighted by Crippen LogP contribution is -2.19. The van der Waals surface area contributed by atoms with Crippen LogP contribution < -0.4 is 0 Å². The van der Waals surface area contributed by atoms with E-state index in [0.29, 0.717) is 5.88 Å². The number of halogens is 2. The van der Waals surface area contributed by atoms with Crippen LogP contribution in [0.15, 0.2) is 16.7 Å². The van der Waals surface area contributed by atoms with Gasteiger partial charge in [-0.3, -0.25) is 0 Å². The highest BCUT2D eigenvalue weighted by Crippen LogP contribution is 2.49. The Morgan fingerprint density at radius 2 is 2.24 bits per heavy atom. The first kappa shape index (κ1) is 14.0. The molecule has 3 atom stereocenters. The zero-order valence-corrected chi connectivity index (χ0v) is 14.3. The van der Waals surface area contributed by atoms with E-state index in [0.717, 1.165) is 52.2 Å². The standard InChI is InChI=1S/C16H19BrClN3/c17-13-7-14-16(19-8-13)21(15(20-14)3-4-18)9-12-6-10-1-2-11(12)5-10/h7-8,10-12H,1-6,9H2. The first-order chi connectivity index (χ1) is 10.2. The van der Waals surface area contributed by atoms with Gasteiger partial charge in [0.05, 0.1) is 0 Å². The van der Waals surface area contributed by atoms with E-state index in [1.54, 1.807) is 0 Å². The van der Waals surface area contributed by atoms with E-state index >= 15 is 0 Å². The van der Waals surface area contributed by atoms with Gasteiger partial charge in [0.15, 0.2) is 5.65 Å². The third-order valence-corrected chi connectivity index (χ3v) is 5.87. The number of nitrogens with zero attached hydrogens (tertiary/aromatic N) is 3. The van der Waals surface area contributed by atoms with Crippen LogP contribution in [0.25, 0.3) is 11.2 Å². The molecule has 2 aromatic rings. The van der Waals surface area contributed by atoms with Crippen molar-refractivity contribution in [2.45, 2.75) is 38.6 Å². The van der Waals surface area contributed by atoms with Crippen molar-refractivity contribution in [2.24, 2.45) is 17.8 Å². The monoisotopic (exact) mass is 367 g/mol. The van der Waals surface area contributed by atoms with E-state index in [1.165, 1.54) is 25.7 Å². The van der Waals surface area contributed by atoms with Crippen LogP contribution in [0.3, 0.4) is 0 Å². The summed E-state index contributed by atoms with van der Waals surface area (Å²) in [5.74, 6) is 4.41. The van der Waals surface area contributed by atoms with Crippen molar-refractivity contribution in [1.29, 1.82) is 0 Å². The fourth-order valence-corrected chi connectivity index (χ4v) is 4.82. The molecule has 0 aliphatic heterocycles. The Kier molecular flexibility index (Phi) is 3.70. The fraction of sp³-hybridized carbons (Fsp3) is 0.625. The van der Waals surface area contributed by atoms with E-state index in [1.807, 2.05) is 6.20 Å². The van der Waals surface area contributed by atoms with Crippen LogP contribution in [0.2, 0.25) is 0 Å². The van der Waals surface area contributed by atoms with Crippen LogP contribution in [-0.2, 0) is 13.0 Å². The maximum atomic E-state index is 5.96. The van der Waals surface area contributed by atoms with Gasteiger partial charge in [-0.2, -0.15) is 0 Å². The molecule has 0 spiro atoms. The van der Waals surface area contributed by atoms with E-state index in [9.17, 15) is 0 Å². The summed E-state index contributed by atoms with van der Waals surface area (Å²) < 4.78 is 3.31. The number of hydrogen-bond donors (Lipinski definition) is 0. The van der Waals surface area contributed by atoms with Crippen LogP contribution in [0.5, 0.6) is 0 Å². The zero-order chi connectivity index (χ0) is 14.4. The van der Waals surface area contributed by atoms with Crippen LogP contribution in [0.1, 0.15) is 31.5 Å². The lowest BCUT2D eigenvalue weighted by atomic mass is 9.89. The molecule has 0 saturated heterocycles. The maximum Gasteiger partial charge on any atom is 0.160 e. The molecule has 2 aromatic heterocycles. The minimum Gasteiger partial charge on any atom is -0.312 e. The Labute approximate surface area is 138 Å². The van der Waals surface area contributed by atoms with Gasteiger partial charge in [-0.05, 0) is 59.0 Å². The number of fused-ring (bicyclic) bond motifs is 3. The van der Waals surface area contributed by atoms with Gasteiger partial charge in [-0.25, -0.2) is 9.97 Å². The van der Waals surface area contributed by atoms with Gasteiger partial charge in [-0.1, -0.05) is 6.42 Å². The molecule has 2 saturated carbocycles. The summed E-state index contributed by atoms with van der Waals surface area (Å²) >= 11 is 9.45. The molecule has 2 heterocycles. The van der Waals surface area contributed by atoms with Crippen molar-refractivity contribution >= 4 is 38.7 Å². The number of aryl methyl sites for hydroxylation is 1. The largest absolute Gasteiger partial charge is 0.312 e. The highest BCUT2D eigenvalue weighted by Gasteiger charge is 2.39. The minimum absolute atomic E-state index is 0.612. The molecule has 4 rings (SSSR count). The average molecular weight is 369 g/mol. The first-order valence-corrected chi connectivity index (χ1v) is 9.14. The average Bonchev–Trinajstić information content (AvgIpc) is 3.14. The van der Waals surface area contributed by atoms with Crippen molar-refractivity contribution in [1.82, 2.24) is 14.5 Å². The molecule has 2 bridgehead atoms. The third kappa shape index (κ3) is 2.50. The van der Waals surface area contributed by atoms with Crippen LogP contribution in [0.4, 0.5) is 0 Å². The lowest BCUT2D eigenvalue weighted by Gasteiger charge is -2.23. The maximum absolute atomic E-state index is 5.96. The number of pyridine rings is 1. The molecule has 0 N–H and O–H groups in total. The summed E-state index contributed by atoms with van der Waals surface area (Å²) in [6.07, 6.45) is 8.39. The molecule has 3 nitrogen and oxygen atoms in total. The van der Waals surface area contributed by atoms with E-state index < -0.39 is 0 Å².